The summed E-state index contributed by atoms with van der Waals surface area (Å²) in [6.45, 7) is 7.60. The number of nitrogens with zero attached hydrogens (tertiary/aromatic N) is 1. The number of benzene rings is 2. The molecule has 0 saturated carbocycles. The fourth-order valence-electron chi connectivity index (χ4n) is 2.77. The van der Waals surface area contributed by atoms with Crippen LogP contribution in [0.3, 0.4) is 0 Å². The number of amides is 2. The average Bonchev–Trinajstić information content (AvgIpc) is 2.61. The third kappa shape index (κ3) is 7.22. The maximum Gasteiger partial charge on any atom is 0.242 e. The van der Waals surface area contributed by atoms with E-state index in [4.69, 9.17) is 34.8 Å². The molecule has 2 amide bonds. The van der Waals surface area contributed by atoms with Gasteiger partial charge in [-0.25, -0.2) is 0 Å². The Balaban J connectivity index is 2.29. The third-order valence-electron chi connectivity index (χ3n) is 4.29. The van der Waals surface area contributed by atoms with Gasteiger partial charge in [0, 0.05) is 27.2 Å². The van der Waals surface area contributed by atoms with Crippen LogP contribution in [0.5, 0.6) is 0 Å². The number of carbonyl (C=O) groups is 2. The second-order valence-electron chi connectivity index (χ2n) is 7.98. The van der Waals surface area contributed by atoms with Crippen LogP contribution in [-0.2, 0) is 22.6 Å². The third-order valence-corrected chi connectivity index (χ3v) is 5.13. The topological polar surface area (TPSA) is 49.4 Å². The van der Waals surface area contributed by atoms with Crippen LogP contribution in [0.25, 0.3) is 0 Å². The lowest BCUT2D eigenvalue weighted by Crippen LogP contribution is -2.52. The summed E-state index contributed by atoms with van der Waals surface area (Å²) in [6, 6.07) is 11.5. The minimum Gasteiger partial charge on any atom is -0.350 e. The lowest BCUT2D eigenvalue weighted by molar-refractivity contribution is -0.140. The Labute approximate surface area is 187 Å². The summed E-state index contributed by atoms with van der Waals surface area (Å²) in [5, 5.41) is 4.49. The second-order valence-corrected chi connectivity index (χ2v) is 9.26. The molecule has 2 aromatic rings. The first kappa shape index (κ1) is 23.5. The van der Waals surface area contributed by atoms with Gasteiger partial charge in [0.15, 0.2) is 0 Å². The standard InChI is InChI=1S/C22H25Cl3N2O2/c1-14(21(29)26-22(2,3)4)27(13-16-7-10-18(24)12-19(16)25)20(28)11-15-5-8-17(23)9-6-15/h5-10,12,14H,11,13H2,1-4H3,(H,26,29)/t14-/m0/s1. The second kappa shape index (κ2) is 9.84. The number of halogens is 3. The monoisotopic (exact) mass is 454 g/mol. The lowest BCUT2D eigenvalue weighted by Gasteiger charge is -2.31. The highest BCUT2D eigenvalue weighted by Gasteiger charge is 2.28. The van der Waals surface area contributed by atoms with Crippen LogP contribution in [0.1, 0.15) is 38.8 Å². The van der Waals surface area contributed by atoms with Gasteiger partial charge < -0.3 is 10.2 Å². The van der Waals surface area contributed by atoms with E-state index in [1.807, 2.05) is 20.8 Å². The minimum atomic E-state index is -0.680. The van der Waals surface area contributed by atoms with E-state index in [0.717, 1.165) is 11.1 Å². The SMILES string of the molecule is C[C@@H](C(=O)NC(C)(C)C)N(Cc1ccc(Cl)cc1Cl)C(=O)Cc1ccc(Cl)cc1. The molecule has 1 N–H and O–H groups in total. The molecule has 0 fully saturated rings. The van der Waals surface area contributed by atoms with Gasteiger partial charge in [0.2, 0.25) is 11.8 Å². The molecule has 0 spiro atoms. The van der Waals surface area contributed by atoms with Gasteiger partial charge in [-0.3, -0.25) is 9.59 Å². The molecule has 0 unspecified atom stereocenters. The molecule has 4 nitrogen and oxygen atoms in total. The Hall–Kier alpha value is -1.75. The molecule has 2 aromatic carbocycles. The number of carbonyl (C=O) groups excluding carboxylic acids is 2. The van der Waals surface area contributed by atoms with E-state index in [2.05, 4.69) is 5.32 Å². The van der Waals surface area contributed by atoms with Gasteiger partial charge in [0.25, 0.3) is 0 Å². The van der Waals surface area contributed by atoms with Gasteiger partial charge >= 0.3 is 0 Å². The average molecular weight is 456 g/mol. The molecular formula is C22H25Cl3N2O2. The van der Waals surface area contributed by atoms with Crippen molar-refractivity contribution in [2.45, 2.75) is 52.2 Å². The number of nitrogens with one attached hydrogen (secondary N) is 1. The molecule has 0 aliphatic rings. The van der Waals surface area contributed by atoms with Gasteiger partial charge in [-0.05, 0) is 63.1 Å². The van der Waals surface area contributed by atoms with Crippen molar-refractivity contribution in [3.63, 3.8) is 0 Å². The van der Waals surface area contributed by atoms with Crippen LogP contribution in [-0.4, -0.2) is 28.3 Å². The van der Waals surface area contributed by atoms with Gasteiger partial charge in [0.1, 0.15) is 6.04 Å². The van der Waals surface area contributed by atoms with Gasteiger partial charge in [-0.1, -0.05) is 53.0 Å². The smallest absolute Gasteiger partial charge is 0.242 e. The highest BCUT2D eigenvalue weighted by molar-refractivity contribution is 6.35. The Bertz CT molecular complexity index is 877. The van der Waals surface area contributed by atoms with Crippen molar-refractivity contribution in [2.75, 3.05) is 0 Å². The van der Waals surface area contributed by atoms with E-state index in [9.17, 15) is 9.59 Å². The Morgan fingerprint density at radius 1 is 1.00 bits per heavy atom. The molecule has 0 radical (unpaired) electrons. The van der Waals surface area contributed by atoms with Crippen molar-refractivity contribution in [3.8, 4) is 0 Å². The predicted molar refractivity (Wildman–Crippen MR) is 120 cm³/mol. The predicted octanol–water partition coefficient (Wildman–Crippen LogP) is 5.52. The molecule has 0 aromatic heterocycles. The molecule has 0 aliphatic carbocycles. The Morgan fingerprint density at radius 3 is 2.14 bits per heavy atom. The van der Waals surface area contributed by atoms with Crippen LogP contribution in [0.4, 0.5) is 0 Å². The van der Waals surface area contributed by atoms with E-state index in [1.165, 1.54) is 4.90 Å². The summed E-state index contributed by atoms with van der Waals surface area (Å²) < 4.78 is 0. The van der Waals surface area contributed by atoms with Crippen molar-refractivity contribution in [2.24, 2.45) is 0 Å². The van der Waals surface area contributed by atoms with Crippen molar-refractivity contribution in [1.29, 1.82) is 0 Å². The molecule has 7 heteroatoms. The molecular weight excluding hydrogens is 431 g/mol. The summed E-state index contributed by atoms with van der Waals surface area (Å²) in [4.78, 5) is 27.4. The quantitative estimate of drug-likeness (QED) is 0.623. The van der Waals surface area contributed by atoms with E-state index in [0.29, 0.717) is 15.1 Å². The van der Waals surface area contributed by atoms with Crippen LogP contribution < -0.4 is 5.32 Å². The fraction of sp³-hybridized carbons (Fsp3) is 0.364. The molecule has 2 rings (SSSR count). The van der Waals surface area contributed by atoms with Gasteiger partial charge in [-0.15, -0.1) is 0 Å². The molecule has 0 saturated heterocycles. The molecule has 1 atom stereocenters. The van der Waals surface area contributed by atoms with E-state index >= 15 is 0 Å². The molecule has 0 aliphatic heterocycles. The molecule has 156 valence electrons. The van der Waals surface area contributed by atoms with Crippen molar-refractivity contribution in [1.82, 2.24) is 10.2 Å². The summed E-state index contributed by atoms with van der Waals surface area (Å²) in [5.74, 6) is -0.415. The first-order valence-corrected chi connectivity index (χ1v) is 10.4. The van der Waals surface area contributed by atoms with Crippen LogP contribution in [0, 0.1) is 0 Å². The summed E-state index contributed by atoms with van der Waals surface area (Å²) >= 11 is 18.2. The largest absolute Gasteiger partial charge is 0.350 e. The highest BCUT2D eigenvalue weighted by Crippen LogP contribution is 2.24. The van der Waals surface area contributed by atoms with Crippen LogP contribution in [0.15, 0.2) is 42.5 Å². The van der Waals surface area contributed by atoms with Crippen molar-refractivity contribution in [3.05, 3.63) is 68.7 Å². The maximum absolute atomic E-state index is 13.1. The molecule has 0 bridgehead atoms. The number of hydrogen-bond acceptors (Lipinski definition) is 2. The van der Waals surface area contributed by atoms with Crippen molar-refractivity contribution >= 4 is 46.6 Å². The number of hydrogen-bond donors (Lipinski definition) is 1. The van der Waals surface area contributed by atoms with E-state index in [-0.39, 0.29) is 24.8 Å². The summed E-state index contributed by atoms with van der Waals surface area (Å²) in [6.07, 6.45) is 0.148. The Morgan fingerprint density at radius 2 is 1.59 bits per heavy atom. The van der Waals surface area contributed by atoms with Crippen LogP contribution in [0.2, 0.25) is 15.1 Å². The van der Waals surface area contributed by atoms with E-state index < -0.39 is 11.6 Å². The zero-order chi connectivity index (χ0) is 21.8. The highest BCUT2D eigenvalue weighted by atomic mass is 35.5. The van der Waals surface area contributed by atoms with Crippen molar-refractivity contribution < 1.29 is 9.59 Å². The van der Waals surface area contributed by atoms with Gasteiger partial charge in [-0.2, -0.15) is 0 Å². The maximum atomic E-state index is 13.1. The fourth-order valence-corrected chi connectivity index (χ4v) is 3.36. The molecule has 29 heavy (non-hydrogen) atoms. The minimum absolute atomic E-state index is 0.148. The first-order chi connectivity index (χ1) is 13.5. The zero-order valence-corrected chi connectivity index (χ0v) is 19.2. The lowest BCUT2D eigenvalue weighted by atomic mass is 10.1. The van der Waals surface area contributed by atoms with Crippen LogP contribution >= 0.6 is 34.8 Å². The Kier molecular flexibility index (Phi) is 7.98. The van der Waals surface area contributed by atoms with Gasteiger partial charge in [0.05, 0.1) is 6.42 Å². The first-order valence-electron chi connectivity index (χ1n) is 9.26. The number of rotatable bonds is 6. The zero-order valence-electron chi connectivity index (χ0n) is 16.9. The summed E-state index contributed by atoms with van der Waals surface area (Å²) in [5.41, 5.74) is 1.12. The molecule has 0 heterocycles. The normalized spacial score (nSPS) is 12.4. The van der Waals surface area contributed by atoms with E-state index in [1.54, 1.807) is 49.4 Å². The summed E-state index contributed by atoms with van der Waals surface area (Å²) in [7, 11) is 0.